The van der Waals surface area contributed by atoms with E-state index in [1.165, 1.54) is 0 Å². The Labute approximate surface area is 143 Å². The number of benzene rings is 1. The van der Waals surface area contributed by atoms with E-state index in [0.29, 0.717) is 43.7 Å². The van der Waals surface area contributed by atoms with Crippen molar-refractivity contribution < 1.29 is 13.2 Å². The van der Waals surface area contributed by atoms with Gasteiger partial charge in [0.05, 0.1) is 24.7 Å². The van der Waals surface area contributed by atoms with Crippen LogP contribution in [0, 0.1) is 0 Å². The Morgan fingerprint density at radius 1 is 1.08 bits per heavy atom. The van der Waals surface area contributed by atoms with Gasteiger partial charge in [-0.05, 0) is 30.5 Å². The molecule has 1 aromatic rings. The second-order valence-corrected chi connectivity index (χ2v) is 7.97. The molecule has 0 bridgehead atoms. The number of sulfonamides is 1. The minimum absolute atomic E-state index is 0.346. The predicted octanol–water partition coefficient (Wildman–Crippen LogP) is 0.618. The van der Waals surface area contributed by atoms with Gasteiger partial charge in [0, 0.05) is 26.2 Å². The fourth-order valence-electron chi connectivity index (χ4n) is 2.91. The zero-order valence-corrected chi connectivity index (χ0v) is 14.5. The summed E-state index contributed by atoms with van der Waals surface area (Å²) in [7, 11) is -3.35. The number of morpholine rings is 1. The Balaban J connectivity index is 1.64. The van der Waals surface area contributed by atoms with Crippen LogP contribution in [0.2, 0.25) is 0 Å². The molecule has 0 spiro atoms. The maximum Gasteiger partial charge on any atom is 0.243 e. The highest BCUT2D eigenvalue weighted by molar-refractivity contribution is 7.89. The van der Waals surface area contributed by atoms with Crippen LogP contribution >= 0.6 is 0 Å². The standard InChI is InChI=1S/C16H24N4O3S/c17-16(19-9-11-23-12-10-19)18-13-14-3-5-15(6-4-14)24(21,22)20-7-1-2-8-20/h3-6H,1-2,7-13H2,(H2,17,18). The number of guanidine groups is 1. The van der Waals surface area contributed by atoms with Crippen molar-refractivity contribution in [1.29, 1.82) is 0 Å². The molecule has 0 unspecified atom stereocenters. The molecule has 0 amide bonds. The minimum atomic E-state index is -3.35. The third-order valence-corrected chi connectivity index (χ3v) is 6.30. The van der Waals surface area contributed by atoms with Gasteiger partial charge < -0.3 is 15.4 Å². The second kappa shape index (κ2) is 7.50. The smallest absolute Gasteiger partial charge is 0.243 e. The molecule has 0 saturated carbocycles. The lowest BCUT2D eigenvalue weighted by atomic mass is 10.2. The summed E-state index contributed by atoms with van der Waals surface area (Å²) >= 11 is 0. The first-order valence-corrected chi connectivity index (χ1v) is 9.73. The van der Waals surface area contributed by atoms with Crippen LogP contribution in [0.15, 0.2) is 34.2 Å². The van der Waals surface area contributed by atoms with E-state index in [2.05, 4.69) is 4.99 Å². The largest absolute Gasteiger partial charge is 0.378 e. The summed E-state index contributed by atoms with van der Waals surface area (Å²) in [5.41, 5.74) is 6.93. The van der Waals surface area contributed by atoms with Gasteiger partial charge in [0.25, 0.3) is 0 Å². The third kappa shape index (κ3) is 3.88. The minimum Gasteiger partial charge on any atom is -0.378 e. The highest BCUT2D eigenvalue weighted by Gasteiger charge is 2.26. The Morgan fingerprint density at radius 2 is 1.71 bits per heavy atom. The van der Waals surface area contributed by atoms with E-state index in [1.807, 2.05) is 4.90 Å². The lowest BCUT2D eigenvalue weighted by Gasteiger charge is -2.27. The molecule has 2 heterocycles. The van der Waals surface area contributed by atoms with Crippen molar-refractivity contribution in [3.63, 3.8) is 0 Å². The van der Waals surface area contributed by atoms with Crippen LogP contribution in [0.4, 0.5) is 0 Å². The van der Waals surface area contributed by atoms with Crippen LogP contribution in [0.25, 0.3) is 0 Å². The topological polar surface area (TPSA) is 88.2 Å². The van der Waals surface area contributed by atoms with Gasteiger partial charge in [-0.25, -0.2) is 13.4 Å². The van der Waals surface area contributed by atoms with Crippen molar-refractivity contribution in [2.24, 2.45) is 10.7 Å². The van der Waals surface area contributed by atoms with E-state index in [-0.39, 0.29) is 0 Å². The van der Waals surface area contributed by atoms with Gasteiger partial charge in [-0.2, -0.15) is 4.31 Å². The summed E-state index contributed by atoms with van der Waals surface area (Å²) in [5.74, 6) is 0.507. The summed E-state index contributed by atoms with van der Waals surface area (Å²) in [4.78, 5) is 6.73. The number of rotatable bonds is 4. The second-order valence-electron chi connectivity index (χ2n) is 6.03. The van der Waals surface area contributed by atoms with Crippen LogP contribution in [-0.4, -0.2) is 63.0 Å². The average molecular weight is 352 g/mol. The fraction of sp³-hybridized carbons (Fsp3) is 0.562. The Morgan fingerprint density at radius 3 is 2.33 bits per heavy atom. The molecule has 0 aromatic heterocycles. The average Bonchev–Trinajstić information content (AvgIpc) is 3.16. The fourth-order valence-corrected chi connectivity index (χ4v) is 4.43. The van der Waals surface area contributed by atoms with E-state index >= 15 is 0 Å². The molecule has 24 heavy (non-hydrogen) atoms. The molecule has 0 aliphatic carbocycles. The highest BCUT2D eigenvalue weighted by Crippen LogP contribution is 2.21. The van der Waals surface area contributed by atoms with Crippen molar-refractivity contribution in [2.45, 2.75) is 24.3 Å². The maximum absolute atomic E-state index is 12.5. The zero-order valence-electron chi connectivity index (χ0n) is 13.7. The van der Waals surface area contributed by atoms with Crippen LogP contribution in [0.3, 0.4) is 0 Å². The number of hydrogen-bond donors (Lipinski definition) is 1. The van der Waals surface area contributed by atoms with Gasteiger partial charge in [0.2, 0.25) is 10.0 Å². The van der Waals surface area contributed by atoms with Gasteiger partial charge in [-0.1, -0.05) is 12.1 Å². The first-order valence-electron chi connectivity index (χ1n) is 8.29. The van der Waals surface area contributed by atoms with Crippen LogP contribution < -0.4 is 5.73 Å². The normalized spacial score (nSPS) is 20.5. The van der Waals surface area contributed by atoms with Crippen LogP contribution in [-0.2, 0) is 21.3 Å². The summed E-state index contributed by atoms with van der Waals surface area (Å²) in [6.07, 6.45) is 1.87. The van der Waals surface area contributed by atoms with Crippen molar-refractivity contribution in [1.82, 2.24) is 9.21 Å². The molecule has 132 valence electrons. The lowest BCUT2D eigenvalue weighted by molar-refractivity contribution is 0.0674. The summed E-state index contributed by atoms with van der Waals surface area (Å²) < 4.78 is 31.8. The third-order valence-electron chi connectivity index (χ3n) is 4.38. The van der Waals surface area contributed by atoms with Crippen molar-refractivity contribution in [3.8, 4) is 0 Å². The molecular formula is C16H24N4O3S. The summed E-state index contributed by atoms with van der Waals surface area (Å²) in [6.45, 7) is 4.51. The molecule has 2 aliphatic rings. The van der Waals surface area contributed by atoms with E-state index in [9.17, 15) is 8.42 Å². The van der Waals surface area contributed by atoms with Gasteiger partial charge >= 0.3 is 0 Å². The number of ether oxygens (including phenoxy) is 1. The monoisotopic (exact) mass is 352 g/mol. The van der Waals surface area contributed by atoms with E-state index < -0.39 is 10.0 Å². The molecule has 7 nitrogen and oxygen atoms in total. The Bertz CT molecular complexity index is 676. The SMILES string of the molecule is NC(=NCc1ccc(S(=O)(=O)N2CCCC2)cc1)N1CCOCC1. The van der Waals surface area contributed by atoms with Crippen molar-refractivity contribution in [3.05, 3.63) is 29.8 Å². The van der Waals surface area contributed by atoms with Gasteiger partial charge in [-0.15, -0.1) is 0 Å². The van der Waals surface area contributed by atoms with Crippen LogP contribution in [0.1, 0.15) is 18.4 Å². The van der Waals surface area contributed by atoms with E-state index in [0.717, 1.165) is 31.5 Å². The van der Waals surface area contributed by atoms with Gasteiger partial charge in [-0.3, -0.25) is 0 Å². The number of nitrogens with two attached hydrogens (primary N) is 1. The molecule has 2 aliphatic heterocycles. The number of aliphatic imine (C=N–C) groups is 1. The summed E-state index contributed by atoms with van der Waals surface area (Å²) in [5, 5.41) is 0. The molecular weight excluding hydrogens is 328 g/mol. The Kier molecular flexibility index (Phi) is 5.37. The zero-order chi connectivity index (χ0) is 17.0. The number of hydrogen-bond acceptors (Lipinski definition) is 4. The molecule has 2 N–H and O–H groups in total. The summed E-state index contributed by atoms with van der Waals surface area (Å²) in [6, 6.07) is 6.92. The van der Waals surface area contributed by atoms with Crippen molar-refractivity contribution in [2.75, 3.05) is 39.4 Å². The Hall–Kier alpha value is -1.64. The quantitative estimate of drug-likeness (QED) is 0.634. The molecule has 2 saturated heterocycles. The van der Waals surface area contributed by atoms with E-state index in [1.54, 1.807) is 28.6 Å². The van der Waals surface area contributed by atoms with E-state index in [4.69, 9.17) is 10.5 Å². The van der Waals surface area contributed by atoms with Crippen LogP contribution in [0.5, 0.6) is 0 Å². The highest BCUT2D eigenvalue weighted by atomic mass is 32.2. The molecule has 8 heteroatoms. The predicted molar refractivity (Wildman–Crippen MR) is 92.2 cm³/mol. The molecule has 0 radical (unpaired) electrons. The lowest BCUT2D eigenvalue weighted by Crippen LogP contribution is -2.44. The van der Waals surface area contributed by atoms with Crippen molar-refractivity contribution >= 4 is 16.0 Å². The maximum atomic E-state index is 12.5. The molecule has 0 atom stereocenters. The molecule has 2 fully saturated rings. The van der Waals surface area contributed by atoms with Gasteiger partial charge in [0.15, 0.2) is 5.96 Å². The number of nitrogens with zero attached hydrogens (tertiary/aromatic N) is 3. The first kappa shape index (κ1) is 17.2. The molecule has 3 rings (SSSR count). The first-order chi connectivity index (χ1) is 11.6. The molecule has 1 aromatic carbocycles. The van der Waals surface area contributed by atoms with Gasteiger partial charge in [0.1, 0.15) is 0 Å².